The first kappa shape index (κ1) is 4.47. The van der Waals surface area contributed by atoms with Gasteiger partial charge in [-0.3, -0.25) is 0 Å². The van der Waals surface area contributed by atoms with Crippen LogP contribution in [-0.2, 0) is 4.74 Å². The zero-order valence-corrected chi connectivity index (χ0v) is 4.55. The molecule has 0 N–H and O–H groups in total. The van der Waals surface area contributed by atoms with E-state index in [1.807, 2.05) is 6.92 Å². The smallest absolute Gasteiger partial charge is 0.149 e. The van der Waals surface area contributed by atoms with Crippen LogP contribution in [0.3, 0.4) is 0 Å². The van der Waals surface area contributed by atoms with Crippen molar-refractivity contribution >= 4 is 11.8 Å². The molecule has 0 atom stereocenters. The van der Waals surface area contributed by atoms with Gasteiger partial charge in [-0.1, -0.05) is 0 Å². The molecule has 1 nitrogen and oxygen atoms in total. The molecule has 1 aliphatic heterocycles. The van der Waals surface area contributed by atoms with E-state index >= 15 is 0 Å². The van der Waals surface area contributed by atoms with Crippen LogP contribution in [0.1, 0.15) is 6.92 Å². The fourth-order valence-electron chi connectivity index (χ4n) is 0.412. The first-order valence-corrected chi connectivity index (χ1v) is 2.97. The van der Waals surface area contributed by atoms with Crippen LogP contribution in [0, 0.1) is 5.44 Å². The Balaban J connectivity index is 2.18. The van der Waals surface area contributed by atoms with Gasteiger partial charge >= 0.3 is 0 Å². The van der Waals surface area contributed by atoms with Gasteiger partial charge in [-0.2, -0.15) is 0 Å². The van der Waals surface area contributed by atoms with Crippen molar-refractivity contribution in [2.45, 2.75) is 6.92 Å². The molecule has 2 heteroatoms. The Bertz CT molecular complexity index is 40.8. The van der Waals surface area contributed by atoms with Gasteiger partial charge in [0.15, 0.2) is 0 Å². The van der Waals surface area contributed by atoms with Crippen molar-refractivity contribution in [2.24, 2.45) is 0 Å². The third-order valence-electron chi connectivity index (χ3n) is 0.694. The van der Waals surface area contributed by atoms with Crippen molar-refractivity contribution in [1.29, 1.82) is 0 Å². The van der Waals surface area contributed by atoms with Crippen molar-refractivity contribution < 1.29 is 4.74 Å². The van der Waals surface area contributed by atoms with Gasteiger partial charge in [0, 0.05) is 5.75 Å². The molecule has 0 aromatic carbocycles. The molecule has 0 saturated carbocycles. The quantitative estimate of drug-likeness (QED) is 0.456. The summed E-state index contributed by atoms with van der Waals surface area (Å²) in [5.74, 6) is 1.14. The lowest BCUT2D eigenvalue weighted by Crippen LogP contribution is -1.81. The Hall–Kier alpha value is 0.310. The lowest BCUT2D eigenvalue weighted by Gasteiger charge is -1.91. The minimum atomic E-state index is 0.913. The fraction of sp³-hybridized carbons (Fsp3) is 0.750. The van der Waals surface area contributed by atoms with Gasteiger partial charge in [0.1, 0.15) is 5.44 Å². The summed E-state index contributed by atoms with van der Waals surface area (Å²) in [7, 11) is 0. The standard InChI is InChI=1S/C4H7OS/c1-4-5-2-3-6-4/h2-3H2,1H3. The average Bonchev–Trinajstić information content (AvgIpc) is 1.86. The second-order valence-corrected chi connectivity index (χ2v) is 2.46. The number of thioether (sulfide) groups is 1. The molecule has 35 valence electrons. The fourth-order valence-corrected chi connectivity index (χ4v) is 1.03. The molecular formula is C4H7OS. The molecular weight excluding hydrogens is 96.1 g/mol. The third kappa shape index (κ3) is 0.884. The minimum Gasteiger partial charge on any atom is -0.360 e. The third-order valence-corrected chi connectivity index (χ3v) is 1.59. The molecule has 1 fully saturated rings. The van der Waals surface area contributed by atoms with Gasteiger partial charge in [0.2, 0.25) is 0 Å². The van der Waals surface area contributed by atoms with Crippen molar-refractivity contribution in [3.05, 3.63) is 5.44 Å². The Labute approximate surface area is 42.1 Å². The minimum absolute atomic E-state index is 0.913. The average molecular weight is 103 g/mol. The van der Waals surface area contributed by atoms with Gasteiger partial charge in [-0.05, 0) is 6.92 Å². The summed E-state index contributed by atoms with van der Waals surface area (Å²) in [6.45, 7) is 2.91. The second-order valence-electron chi connectivity index (χ2n) is 1.19. The van der Waals surface area contributed by atoms with Crippen LogP contribution in [0.5, 0.6) is 0 Å². The van der Waals surface area contributed by atoms with E-state index in [4.69, 9.17) is 4.74 Å². The Morgan fingerprint density at radius 1 is 1.83 bits per heavy atom. The van der Waals surface area contributed by atoms with Crippen LogP contribution in [-0.4, -0.2) is 12.4 Å². The Kier molecular flexibility index (Phi) is 1.37. The largest absolute Gasteiger partial charge is 0.360 e. The first-order valence-electron chi connectivity index (χ1n) is 1.99. The molecule has 1 aliphatic rings. The van der Waals surface area contributed by atoms with E-state index < -0.39 is 0 Å². The molecule has 1 rings (SSSR count). The molecule has 6 heavy (non-hydrogen) atoms. The predicted molar refractivity (Wildman–Crippen MR) is 27.3 cm³/mol. The first-order chi connectivity index (χ1) is 2.89. The van der Waals surface area contributed by atoms with E-state index in [0.29, 0.717) is 0 Å². The van der Waals surface area contributed by atoms with Crippen LogP contribution in [0.2, 0.25) is 0 Å². The zero-order valence-electron chi connectivity index (χ0n) is 3.73. The summed E-state index contributed by atoms with van der Waals surface area (Å²) in [5.41, 5.74) is 1.12. The highest BCUT2D eigenvalue weighted by Crippen LogP contribution is 2.25. The van der Waals surface area contributed by atoms with Crippen molar-refractivity contribution in [3.63, 3.8) is 0 Å². The topological polar surface area (TPSA) is 9.23 Å². The second kappa shape index (κ2) is 1.85. The van der Waals surface area contributed by atoms with Crippen molar-refractivity contribution in [1.82, 2.24) is 0 Å². The SMILES string of the molecule is C[C]1OCCS1. The molecule has 0 bridgehead atoms. The highest BCUT2D eigenvalue weighted by atomic mass is 32.2. The summed E-state index contributed by atoms with van der Waals surface area (Å²) in [4.78, 5) is 0. The summed E-state index contributed by atoms with van der Waals surface area (Å²) < 4.78 is 5.03. The van der Waals surface area contributed by atoms with Crippen LogP contribution in [0.15, 0.2) is 0 Å². The summed E-state index contributed by atoms with van der Waals surface area (Å²) >= 11 is 1.79. The molecule has 0 aromatic rings. The van der Waals surface area contributed by atoms with E-state index in [1.54, 1.807) is 11.8 Å². The molecule has 1 heterocycles. The Morgan fingerprint density at radius 2 is 2.67 bits per heavy atom. The predicted octanol–water partition coefficient (Wildman–Crippen LogP) is 1.26. The van der Waals surface area contributed by atoms with Crippen LogP contribution >= 0.6 is 11.8 Å². The maximum Gasteiger partial charge on any atom is 0.149 e. The van der Waals surface area contributed by atoms with E-state index in [9.17, 15) is 0 Å². The van der Waals surface area contributed by atoms with Crippen molar-refractivity contribution in [3.8, 4) is 0 Å². The monoisotopic (exact) mass is 103 g/mol. The molecule has 0 unspecified atom stereocenters. The van der Waals surface area contributed by atoms with E-state index in [0.717, 1.165) is 17.8 Å². The van der Waals surface area contributed by atoms with Gasteiger partial charge < -0.3 is 4.74 Å². The van der Waals surface area contributed by atoms with Crippen molar-refractivity contribution in [2.75, 3.05) is 12.4 Å². The number of rotatable bonds is 0. The summed E-state index contributed by atoms with van der Waals surface area (Å²) in [6.07, 6.45) is 0. The highest BCUT2D eigenvalue weighted by Gasteiger charge is 2.09. The molecule has 1 saturated heterocycles. The van der Waals surface area contributed by atoms with Gasteiger partial charge in [0.25, 0.3) is 0 Å². The number of hydrogen-bond donors (Lipinski definition) is 0. The van der Waals surface area contributed by atoms with E-state index in [2.05, 4.69) is 0 Å². The molecule has 0 spiro atoms. The normalized spacial score (nSPS) is 25.5. The maximum atomic E-state index is 5.03. The molecule has 0 amide bonds. The Morgan fingerprint density at radius 3 is 2.83 bits per heavy atom. The lowest BCUT2D eigenvalue weighted by molar-refractivity contribution is 0.224. The van der Waals surface area contributed by atoms with Crippen LogP contribution < -0.4 is 0 Å². The zero-order chi connectivity index (χ0) is 4.41. The lowest BCUT2D eigenvalue weighted by atomic mass is 10.8. The van der Waals surface area contributed by atoms with Crippen LogP contribution in [0.4, 0.5) is 0 Å². The van der Waals surface area contributed by atoms with Gasteiger partial charge in [0.05, 0.1) is 6.61 Å². The van der Waals surface area contributed by atoms with E-state index in [1.165, 1.54) is 0 Å². The van der Waals surface area contributed by atoms with Gasteiger partial charge in [-0.15, -0.1) is 11.8 Å². The maximum absolute atomic E-state index is 5.03. The highest BCUT2D eigenvalue weighted by molar-refractivity contribution is 8.02. The van der Waals surface area contributed by atoms with Gasteiger partial charge in [-0.25, -0.2) is 0 Å². The number of hydrogen-bond acceptors (Lipinski definition) is 2. The van der Waals surface area contributed by atoms with E-state index in [-0.39, 0.29) is 0 Å². The molecule has 0 aromatic heterocycles. The summed E-state index contributed by atoms with van der Waals surface area (Å²) in [6, 6.07) is 0. The summed E-state index contributed by atoms with van der Waals surface area (Å²) in [5, 5.41) is 0. The van der Waals surface area contributed by atoms with Crippen LogP contribution in [0.25, 0.3) is 0 Å². The number of ether oxygens (including phenoxy) is 1. The molecule has 1 radical (unpaired) electrons. The molecule has 0 aliphatic carbocycles.